The number of alkyl carbamates (subject to hydrolysis) is 1. The van der Waals surface area contributed by atoms with Gasteiger partial charge in [0.1, 0.15) is 5.60 Å². The van der Waals surface area contributed by atoms with E-state index >= 15 is 0 Å². The van der Waals surface area contributed by atoms with Crippen LogP contribution in [-0.4, -0.2) is 55.1 Å². The molecule has 0 aliphatic rings. The summed E-state index contributed by atoms with van der Waals surface area (Å²) in [6, 6.07) is 3.04. The van der Waals surface area contributed by atoms with Crippen molar-refractivity contribution in [3.05, 3.63) is 23.9 Å². The molecule has 8 nitrogen and oxygen atoms in total. The summed E-state index contributed by atoms with van der Waals surface area (Å²) < 4.78 is 46.5. The Balaban J connectivity index is 0.00000841. The number of hydrogen-bond donors (Lipinski definition) is 3. The SMILES string of the molecule is CCNC(=NCc1ccnc(OCC(F)(F)F)c1)NCCNC(=O)OC(C)(C)C.I. The molecule has 0 aromatic carbocycles. The van der Waals surface area contributed by atoms with Gasteiger partial charge in [0.2, 0.25) is 5.88 Å². The third-order valence-electron chi connectivity index (χ3n) is 3.03. The second-order valence-corrected chi connectivity index (χ2v) is 6.96. The van der Waals surface area contributed by atoms with Crippen LogP contribution in [0.5, 0.6) is 5.88 Å². The van der Waals surface area contributed by atoms with Crippen LogP contribution in [0.15, 0.2) is 23.3 Å². The zero-order chi connectivity index (χ0) is 21.9. The van der Waals surface area contributed by atoms with E-state index in [1.54, 1.807) is 26.8 Å². The molecule has 0 aliphatic carbocycles. The van der Waals surface area contributed by atoms with Crippen LogP contribution in [0.2, 0.25) is 0 Å². The Morgan fingerprint density at radius 3 is 2.43 bits per heavy atom. The molecule has 0 saturated carbocycles. The van der Waals surface area contributed by atoms with Crippen LogP contribution >= 0.6 is 24.0 Å². The maximum absolute atomic E-state index is 12.2. The number of guanidine groups is 1. The van der Waals surface area contributed by atoms with Crippen LogP contribution in [0.4, 0.5) is 18.0 Å². The van der Waals surface area contributed by atoms with Crippen molar-refractivity contribution in [3.63, 3.8) is 0 Å². The number of nitrogens with one attached hydrogen (secondary N) is 3. The number of pyridine rings is 1. The van der Waals surface area contributed by atoms with Gasteiger partial charge in [-0.15, -0.1) is 24.0 Å². The average Bonchev–Trinajstić information content (AvgIpc) is 2.59. The summed E-state index contributed by atoms with van der Waals surface area (Å²) in [6.07, 6.45) is -3.57. The minimum atomic E-state index is -4.43. The summed E-state index contributed by atoms with van der Waals surface area (Å²) in [5, 5.41) is 8.70. The smallest absolute Gasteiger partial charge is 0.422 e. The lowest BCUT2D eigenvalue weighted by Gasteiger charge is -2.19. The second-order valence-electron chi connectivity index (χ2n) is 6.96. The van der Waals surface area contributed by atoms with Crippen molar-refractivity contribution in [2.24, 2.45) is 4.99 Å². The van der Waals surface area contributed by atoms with E-state index < -0.39 is 24.5 Å². The van der Waals surface area contributed by atoms with Crippen molar-refractivity contribution in [1.82, 2.24) is 20.9 Å². The van der Waals surface area contributed by atoms with Crippen molar-refractivity contribution in [2.75, 3.05) is 26.2 Å². The molecule has 0 radical (unpaired) electrons. The van der Waals surface area contributed by atoms with Gasteiger partial charge in [-0.1, -0.05) is 0 Å². The molecule has 1 rings (SSSR count). The third kappa shape index (κ3) is 14.1. The van der Waals surface area contributed by atoms with Gasteiger partial charge < -0.3 is 25.4 Å². The lowest BCUT2D eigenvalue weighted by molar-refractivity contribution is -0.154. The number of hydrogen-bond acceptors (Lipinski definition) is 5. The van der Waals surface area contributed by atoms with Gasteiger partial charge in [-0.2, -0.15) is 13.2 Å². The number of carbonyl (C=O) groups excluding carboxylic acids is 1. The standard InChI is InChI=1S/C18H28F3N5O3.HI/c1-5-22-15(24-8-9-25-16(27)29-17(2,3)4)26-11-13-6-7-23-14(10-13)28-12-18(19,20)21;/h6-7,10H,5,8-9,11-12H2,1-4H3,(H,25,27)(H2,22,24,26);1H. The minimum Gasteiger partial charge on any atom is -0.468 e. The summed E-state index contributed by atoms with van der Waals surface area (Å²) >= 11 is 0. The Bertz CT molecular complexity index is 682. The lowest BCUT2D eigenvalue weighted by atomic mass is 10.2. The first-order valence-electron chi connectivity index (χ1n) is 9.12. The van der Waals surface area contributed by atoms with Crippen LogP contribution < -0.4 is 20.7 Å². The average molecular weight is 547 g/mol. The number of rotatable bonds is 8. The molecule has 0 atom stereocenters. The zero-order valence-electron chi connectivity index (χ0n) is 17.4. The highest BCUT2D eigenvalue weighted by atomic mass is 127. The zero-order valence-corrected chi connectivity index (χ0v) is 19.8. The number of ether oxygens (including phenoxy) is 2. The fraction of sp³-hybridized carbons (Fsp3) is 0.611. The molecule has 30 heavy (non-hydrogen) atoms. The Labute approximate surface area is 191 Å². The number of aliphatic imine (C=N–C) groups is 1. The molecule has 0 aliphatic heterocycles. The van der Waals surface area contributed by atoms with Gasteiger partial charge in [0.05, 0.1) is 6.54 Å². The lowest BCUT2D eigenvalue weighted by Crippen LogP contribution is -2.42. The van der Waals surface area contributed by atoms with Crippen LogP contribution in [0.25, 0.3) is 0 Å². The summed E-state index contributed by atoms with van der Waals surface area (Å²) in [5.74, 6) is 0.377. The molecule has 172 valence electrons. The van der Waals surface area contributed by atoms with Gasteiger partial charge in [-0.3, -0.25) is 0 Å². The van der Waals surface area contributed by atoms with Gasteiger partial charge in [-0.05, 0) is 39.3 Å². The number of aromatic nitrogens is 1. The van der Waals surface area contributed by atoms with Crippen molar-refractivity contribution in [2.45, 2.75) is 46.0 Å². The number of nitrogens with zero attached hydrogens (tertiary/aromatic N) is 2. The highest BCUT2D eigenvalue weighted by Gasteiger charge is 2.28. The number of halogens is 4. The second kappa shape index (κ2) is 13.3. The Morgan fingerprint density at radius 1 is 1.17 bits per heavy atom. The predicted molar refractivity (Wildman–Crippen MR) is 118 cm³/mol. The maximum Gasteiger partial charge on any atom is 0.422 e. The van der Waals surface area contributed by atoms with E-state index in [2.05, 4.69) is 30.7 Å². The van der Waals surface area contributed by atoms with E-state index in [0.717, 1.165) is 0 Å². The Morgan fingerprint density at radius 2 is 1.83 bits per heavy atom. The van der Waals surface area contributed by atoms with Crippen LogP contribution in [0.1, 0.15) is 33.3 Å². The molecular weight excluding hydrogens is 518 g/mol. The molecule has 1 aromatic rings. The van der Waals surface area contributed by atoms with E-state index in [1.165, 1.54) is 12.3 Å². The first-order valence-corrected chi connectivity index (χ1v) is 9.12. The van der Waals surface area contributed by atoms with E-state index in [-0.39, 0.29) is 36.4 Å². The quantitative estimate of drug-likeness (QED) is 0.200. The molecule has 12 heteroatoms. The van der Waals surface area contributed by atoms with Gasteiger partial charge in [0.15, 0.2) is 12.6 Å². The normalized spacial score (nSPS) is 11.9. The van der Waals surface area contributed by atoms with Gasteiger partial charge in [-0.25, -0.2) is 14.8 Å². The first kappa shape index (κ1) is 28.0. The van der Waals surface area contributed by atoms with Gasteiger partial charge in [0, 0.05) is 31.9 Å². The number of amides is 1. The summed E-state index contributed by atoms with van der Waals surface area (Å²) in [4.78, 5) is 19.7. The maximum atomic E-state index is 12.2. The molecule has 0 spiro atoms. The van der Waals surface area contributed by atoms with Crippen LogP contribution in [0, 0.1) is 0 Å². The van der Waals surface area contributed by atoms with Crippen molar-refractivity contribution in [1.29, 1.82) is 0 Å². The van der Waals surface area contributed by atoms with Gasteiger partial charge in [0.25, 0.3) is 0 Å². The van der Waals surface area contributed by atoms with Crippen molar-refractivity contribution >= 4 is 36.0 Å². The van der Waals surface area contributed by atoms with Gasteiger partial charge >= 0.3 is 12.3 Å². The monoisotopic (exact) mass is 547 g/mol. The van der Waals surface area contributed by atoms with E-state index in [4.69, 9.17) is 4.74 Å². The van der Waals surface area contributed by atoms with E-state index in [0.29, 0.717) is 31.2 Å². The predicted octanol–water partition coefficient (Wildman–Crippen LogP) is 3.22. The molecule has 0 fully saturated rings. The van der Waals surface area contributed by atoms with E-state index in [1.807, 2.05) is 6.92 Å². The molecular formula is C18H29F3IN5O3. The molecule has 0 saturated heterocycles. The highest BCUT2D eigenvalue weighted by Crippen LogP contribution is 2.17. The summed E-state index contributed by atoms with van der Waals surface area (Å²) in [6.45, 7) is 7.37. The molecule has 3 N–H and O–H groups in total. The molecule has 1 amide bonds. The molecule has 1 aromatic heterocycles. The Kier molecular flexibility index (Phi) is 12.5. The van der Waals surface area contributed by atoms with Crippen molar-refractivity contribution in [3.8, 4) is 5.88 Å². The highest BCUT2D eigenvalue weighted by molar-refractivity contribution is 14.0. The summed E-state index contributed by atoms with van der Waals surface area (Å²) in [7, 11) is 0. The van der Waals surface area contributed by atoms with Crippen LogP contribution in [0.3, 0.4) is 0 Å². The van der Waals surface area contributed by atoms with Crippen molar-refractivity contribution < 1.29 is 27.4 Å². The fourth-order valence-corrected chi connectivity index (χ4v) is 1.96. The topological polar surface area (TPSA) is 96.9 Å². The minimum absolute atomic E-state index is 0. The number of alkyl halides is 3. The van der Waals surface area contributed by atoms with Crippen LogP contribution in [-0.2, 0) is 11.3 Å². The first-order chi connectivity index (χ1) is 13.5. The summed E-state index contributed by atoms with van der Waals surface area (Å²) in [5.41, 5.74) is 0.0717. The Hall–Kier alpha value is -1.99. The fourth-order valence-electron chi connectivity index (χ4n) is 1.96. The third-order valence-corrected chi connectivity index (χ3v) is 3.03. The molecule has 0 unspecified atom stereocenters. The number of carbonyl (C=O) groups is 1. The molecule has 0 bridgehead atoms. The molecule has 1 heterocycles. The largest absolute Gasteiger partial charge is 0.468 e. The van der Waals surface area contributed by atoms with E-state index in [9.17, 15) is 18.0 Å².